The molecule has 3 aromatic rings. The summed E-state index contributed by atoms with van der Waals surface area (Å²) >= 11 is 5.89. The molecule has 0 aliphatic carbocycles. The van der Waals surface area contributed by atoms with Crippen LogP contribution in [0, 0.1) is 11.6 Å². The molecule has 1 unspecified atom stereocenters. The zero-order chi connectivity index (χ0) is 15.0. The summed E-state index contributed by atoms with van der Waals surface area (Å²) in [5, 5.41) is 0.960. The number of hydrogen-bond acceptors (Lipinski definition) is 3. The van der Waals surface area contributed by atoms with Gasteiger partial charge in [0, 0.05) is 16.0 Å². The van der Waals surface area contributed by atoms with E-state index >= 15 is 0 Å². The molecule has 21 heavy (non-hydrogen) atoms. The first-order valence-electron chi connectivity index (χ1n) is 6.18. The molecule has 6 heteroatoms. The molecule has 2 aromatic carbocycles. The maximum absolute atomic E-state index is 14.0. The molecule has 108 valence electrons. The Bertz CT molecular complexity index is 803. The predicted molar refractivity (Wildman–Crippen MR) is 76.7 cm³/mol. The molecule has 1 atom stereocenters. The smallest absolute Gasteiger partial charge is 0.134 e. The summed E-state index contributed by atoms with van der Waals surface area (Å²) in [6.07, 6.45) is 0. The van der Waals surface area contributed by atoms with E-state index < -0.39 is 11.9 Å². The highest BCUT2D eigenvalue weighted by Crippen LogP contribution is 2.30. The van der Waals surface area contributed by atoms with E-state index in [1.807, 2.05) is 0 Å². The van der Waals surface area contributed by atoms with Crippen LogP contribution >= 0.6 is 11.6 Å². The minimum absolute atomic E-state index is 0.254. The summed E-state index contributed by atoms with van der Waals surface area (Å²) < 4.78 is 32.8. The Morgan fingerprint density at radius 1 is 1.10 bits per heavy atom. The van der Waals surface area contributed by atoms with Crippen molar-refractivity contribution in [2.75, 3.05) is 0 Å². The van der Waals surface area contributed by atoms with Crippen molar-refractivity contribution >= 4 is 22.6 Å². The SMILES string of the molecule is NNC(c1cc2cc(F)ccc2o1)c1cc(Cl)ccc1F. The Morgan fingerprint density at radius 2 is 1.90 bits per heavy atom. The van der Waals surface area contributed by atoms with E-state index in [-0.39, 0.29) is 11.4 Å². The van der Waals surface area contributed by atoms with Crippen LogP contribution in [0.4, 0.5) is 8.78 Å². The number of rotatable bonds is 3. The molecule has 1 heterocycles. The molecule has 3 nitrogen and oxygen atoms in total. The van der Waals surface area contributed by atoms with Crippen molar-refractivity contribution in [1.29, 1.82) is 0 Å². The van der Waals surface area contributed by atoms with E-state index in [2.05, 4.69) is 5.43 Å². The third kappa shape index (κ3) is 2.63. The lowest BCUT2D eigenvalue weighted by Gasteiger charge is -2.14. The molecule has 0 bridgehead atoms. The average molecular weight is 309 g/mol. The van der Waals surface area contributed by atoms with Gasteiger partial charge in [0.1, 0.15) is 29.0 Å². The Labute approximate surface area is 124 Å². The summed E-state index contributed by atoms with van der Waals surface area (Å²) in [5.74, 6) is 5.05. The van der Waals surface area contributed by atoms with Crippen molar-refractivity contribution in [1.82, 2.24) is 5.43 Å². The monoisotopic (exact) mass is 308 g/mol. The van der Waals surface area contributed by atoms with E-state index in [9.17, 15) is 8.78 Å². The zero-order valence-corrected chi connectivity index (χ0v) is 11.5. The quantitative estimate of drug-likeness (QED) is 0.569. The van der Waals surface area contributed by atoms with Crippen LogP contribution in [-0.2, 0) is 0 Å². The van der Waals surface area contributed by atoms with Gasteiger partial charge in [0.2, 0.25) is 0 Å². The molecule has 3 N–H and O–H groups in total. The second kappa shape index (κ2) is 5.44. The number of hydrogen-bond donors (Lipinski definition) is 2. The Morgan fingerprint density at radius 3 is 2.67 bits per heavy atom. The summed E-state index contributed by atoms with van der Waals surface area (Å²) in [7, 11) is 0. The van der Waals surface area contributed by atoms with Crippen LogP contribution in [0.1, 0.15) is 17.4 Å². The lowest BCUT2D eigenvalue weighted by atomic mass is 10.0. The molecule has 0 aliphatic heterocycles. The van der Waals surface area contributed by atoms with Gasteiger partial charge in [0.15, 0.2) is 0 Å². The third-order valence-electron chi connectivity index (χ3n) is 3.22. The number of nitrogens with two attached hydrogens (primary N) is 1. The number of fused-ring (bicyclic) bond motifs is 1. The summed E-state index contributed by atoms with van der Waals surface area (Å²) in [4.78, 5) is 0. The van der Waals surface area contributed by atoms with Crippen molar-refractivity contribution in [2.24, 2.45) is 5.84 Å². The van der Waals surface area contributed by atoms with Gasteiger partial charge in [-0.2, -0.15) is 0 Å². The van der Waals surface area contributed by atoms with Crippen LogP contribution in [0.15, 0.2) is 46.9 Å². The molecule has 0 saturated heterocycles. The average Bonchev–Trinajstić information content (AvgIpc) is 2.86. The van der Waals surface area contributed by atoms with Crippen LogP contribution in [-0.4, -0.2) is 0 Å². The minimum Gasteiger partial charge on any atom is -0.459 e. The summed E-state index contributed by atoms with van der Waals surface area (Å²) in [6, 6.07) is 9.20. The normalized spacial score (nSPS) is 12.8. The van der Waals surface area contributed by atoms with Crippen LogP contribution in [0.3, 0.4) is 0 Å². The van der Waals surface area contributed by atoms with Gasteiger partial charge in [0.05, 0.1) is 0 Å². The lowest BCUT2D eigenvalue weighted by Crippen LogP contribution is -2.29. The van der Waals surface area contributed by atoms with Crippen LogP contribution < -0.4 is 11.3 Å². The Kier molecular flexibility index (Phi) is 3.63. The van der Waals surface area contributed by atoms with Crippen molar-refractivity contribution in [2.45, 2.75) is 6.04 Å². The fourth-order valence-corrected chi connectivity index (χ4v) is 2.42. The largest absolute Gasteiger partial charge is 0.459 e. The second-order valence-electron chi connectivity index (χ2n) is 4.60. The fourth-order valence-electron chi connectivity index (χ4n) is 2.24. The number of halogens is 3. The molecule has 0 spiro atoms. The fraction of sp³-hybridized carbons (Fsp3) is 0.0667. The van der Waals surface area contributed by atoms with E-state index in [4.69, 9.17) is 21.9 Å². The van der Waals surface area contributed by atoms with Gasteiger partial charge in [-0.05, 0) is 42.5 Å². The Hall–Kier alpha value is -1.95. The lowest BCUT2D eigenvalue weighted by molar-refractivity contribution is 0.462. The zero-order valence-electron chi connectivity index (χ0n) is 10.7. The topological polar surface area (TPSA) is 51.2 Å². The predicted octanol–water partition coefficient (Wildman–Crippen LogP) is 3.92. The third-order valence-corrected chi connectivity index (χ3v) is 3.45. The molecular weight excluding hydrogens is 298 g/mol. The standard InChI is InChI=1S/C15H11ClF2N2O/c16-9-1-3-12(18)11(7-9)15(20-19)14-6-8-5-10(17)2-4-13(8)21-14/h1-7,15,20H,19H2. The maximum atomic E-state index is 14.0. The molecule has 0 radical (unpaired) electrons. The van der Waals surface area contributed by atoms with E-state index in [1.165, 1.54) is 36.4 Å². The van der Waals surface area contributed by atoms with Gasteiger partial charge in [-0.3, -0.25) is 5.84 Å². The first-order valence-corrected chi connectivity index (χ1v) is 6.56. The Balaban J connectivity index is 2.11. The first-order chi connectivity index (χ1) is 10.1. The molecule has 0 saturated carbocycles. The number of hydrazine groups is 1. The van der Waals surface area contributed by atoms with Crippen LogP contribution in [0.25, 0.3) is 11.0 Å². The van der Waals surface area contributed by atoms with Gasteiger partial charge < -0.3 is 4.42 Å². The molecule has 1 aromatic heterocycles. The number of nitrogens with one attached hydrogen (secondary N) is 1. The van der Waals surface area contributed by atoms with Gasteiger partial charge in [-0.1, -0.05) is 11.6 Å². The molecular formula is C15H11ClF2N2O. The van der Waals surface area contributed by atoms with E-state index in [1.54, 1.807) is 6.07 Å². The van der Waals surface area contributed by atoms with Crippen molar-refractivity contribution in [3.63, 3.8) is 0 Å². The van der Waals surface area contributed by atoms with E-state index in [0.29, 0.717) is 21.8 Å². The maximum Gasteiger partial charge on any atom is 0.134 e. The van der Waals surface area contributed by atoms with Gasteiger partial charge in [0.25, 0.3) is 0 Å². The number of furan rings is 1. The number of benzene rings is 2. The van der Waals surface area contributed by atoms with Crippen molar-refractivity contribution in [3.8, 4) is 0 Å². The summed E-state index contributed by atoms with van der Waals surface area (Å²) in [6.45, 7) is 0. The van der Waals surface area contributed by atoms with Crippen molar-refractivity contribution in [3.05, 3.63) is 70.4 Å². The summed E-state index contributed by atoms with van der Waals surface area (Å²) in [5.41, 5.74) is 3.24. The molecule has 0 fully saturated rings. The van der Waals surface area contributed by atoms with Gasteiger partial charge in [-0.25, -0.2) is 14.2 Å². The van der Waals surface area contributed by atoms with Crippen molar-refractivity contribution < 1.29 is 13.2 Å². The molecule has 3 rings (SSSR count). The van der Waals surface area contributed by atoms with E-state index in [0.717, 1.165) is 0 Å². The molecule has 0 aliphatic rings. The highest BCUT2D eigenvalue weighted by molar-refractivity contribution is 6.30. The van der Waals surface area contributed by atoms with Gasteiger partial charge in [-0.15, -0.1) is 0 Å². The first kappa shape index (κ1) is 14.0. The molecule has 0 amide bonds. The second-order valence-corrected chi connectivity index (χ2v) is 5.03. The van der Waals surface area contributed by atoms with Gasteiger partial charge >= 0.3 is 0 Å². The van der Waals surface area contributed by atoms with Crippen LogP contribution in [0.5, 0.6) is 0 Å². The highest BCUT2D eigenvalue weighted by atomic mass is 35.5. The van der Waals surface area contributed by atoms with Crippen LogP contribution in [0.2, 0.25) is 5.02 Å². The highest BCUT2D eigenvalue weighted by Gasteiger charge is 2.21. The minimum atomic E-state index is -0.723.